The van der Waals surface area contributed by atoms with Gasteiger partial charge in [-0.3, -0.25) is 14.5 Å². The summed E-state index contributed by atoms with van der Waals surface area (Å²) in [6, 6.07) is 14.4. The van der Waals surface area contributed by atoms with Crippen molar-refractivity contribution in [2.75, 3.05) is 39.8 Å². The second-order valence-corrected chi connectivity index (χ2v) is 11.3. The number of thiophene rings is 2. The van der Waals surface area contributed by atoms with Crippen LogP contribution >= 0.6 is 22.7 Å². The maximum Gasteiger partial charge on any atom is 0.236 e. The molecule has 1 aromatic carbocycles. The number of nitrogens with zero attached hydrogens (tertiary/aromatic N) is 3. The fourth-order valence-electron chi connectivity index (χ4n) is 5.21. The number of carbonyl (C=O) groups is 2. The number of benzene rings is 1. The zero-order chi connectivity index (χ0) is 24.4. The molecule has 0 N–H and O–H groups in total. The van der Waals surface area contributed by atoms with Crippen LogP contribution in [0, 0.1) is 0 Å². The normalized spacial score (nSPS) is 20.5. The molecule has 2 aliphatic rings. The first kappa shape index (κ1) is 24.0. The Morgan fingerprint density at radius 3 is 2.54 bits per heavy atom. The van der Waals surface area contributed by atoms with Crippen molar-refractivity contribution < 1.29 is 14.3 Å². The molecule has 5 rings (SSSR count). The van der Waals surface area contributed by atoms with Crippen LogP contribution in [0.2, 0.25) is 0 Å². The average molecular weight is 510 g/mol. The summed E-state index contributed by atoms with van der Waals surface area (Å²) >= 11 is 3.41. The standard InChI is InChI=1S/C27H31N3O3S2/c1-19-17-28(12-13-30(19)25(31)16-22-4-3-14-34-22)26(32)18-29-11-9-24-23(10-15-35-24)27(29)20-5-7-21(33-2)8-6-20/h3-8,10,14-15,19,27H,9,11-13,16-18H2,1-2H3/t19-,27-/m0/s1. The molecule has 2 atom stereocenters. The molecule has 3 aromatic rings. The quantitative estimate of drug-likeness (QED) is 0.503. The number of amides is 2. The molecule has 4 heterocycles. The summed E-state index contributed by atoms with van der Waals surface area (Å²) in [5.74, 6) is 1.12. The van der Waals surface area contributed by atoms with E-state index in [0.717, 1.165) is 23.6 Å². The monoisotopic (exact) mass is 509 g/mol. The minimum absolute atomic E-state index is 0.0161. The molecule has 2 amide bonds. The average Bonchev–Trinajstić information content (AvgIpc) is 3.56. The Morgan fingerprint density at radius 1 is 1.00 bits per heavy atom. The Morgan fingerprint density at radius 2 is 1.83 bits per heavy atom. The summed E-state index contributed by atoms with van der Waals surface area (Å²) in [4.78, 5) is 34.9. The molecule has 184 valence electrons. The SMILES string of the molecule is COc1ccc([C@H]2c3ccsc3CCN2CC(=O)N2CCN(C(=O)Cc3cccs3)[C@@H](C)C2)cc1. The highest BCUT2D eigenvalue weighted by Gasteiger charge is 2.34. The molecule has 6 nitrogen and oxygen atoms in total. The molecule has 0 saturated carbocycles. The minimum Gasteiger partial charge on any atom is -0.497 e. The van der Waals surface area contributed by atoms with Gasteiger partial charge in [-0.1, -0.05) is 18.2 Å². The van der Waals surface area contributed by atoms with Gasteiger partial charge in [-0.2, -0.15) is 0 Å². The first-order valence-corrected chi connectivity index (χ1v) is 13.8. The third-order valence-electron chi connectivity index (χ3n) is 7.04. The summed E-state index contributed by atoms with van der Waals surface area (Å²) in [6.07, 6.45) is 1.41. The molecule has 0 aliphatic carbocycles. The molecule has 1 fully saturated rings. The van der Waals surface area contributed by atoms with Crippen LogP contribution in [0.5, 0.6) is 5.75 Å². The maximum absolute atomic E-state index is 13.4. The van der Waals surface area contributed by atoms with E-state index in [2.05, 4.69) is 28.5 Å². The number of carbonyl (C=O) groups excluding carboxylic acids is 2. The second-order valence-electron chi connectivity index (χ2n) is 9.23. The number of ether oxygens (including phenoxy) is 1. The maximum atomic E-state index is 13.4. The van der Waals surface area contributed by atoms with E-state index in [-0.39, 0.29) is 23.9 Å². The summed E-state index contributed by atoms with van der Waals surface area (Å²) in [5.41, 5.74) is 2.48. The number of hydrogen-bond acceptors (Lipinski definition) is 6. The lowest BCUT2D eigenvalue weighted by Gasteiger charge is -2.42. The third kappa shape index (κ3) is 5.15. The highest BCUT2D eigenvalue weighted by Crippen LogP contribution is 2.38. The van der Waals surface area contributed by atoms with Gasteiger partial charge in [0.25, 0.3) is 0 Å². The summed E-state index contributed by atoms with van der Waals surface area (Å²) in [7, 11) is 1.67. The highest BCUT2D eigenvalue weighted by atomic mass is 32.1. The molecule has 0 spiro atoms. The fourth-order valence-corrected chi connectivity index (χ4v) is 6.81. The molecule has 0 radical (unpaired) electrons. The van der Waals surface area contributed by atoms with E-state index in [1.807, 2.05) is 46.4 Å². The predicted octanol–water partition coefficient (Wildman–Crippen LogP) is 4.07. The van der Waals surface area contributed by atoms with Crippen LogP contribution in [-0.4, -0.2) is 72.4 Å². The van der Waals surface area contributed by atoms with Gasteiger partial charge >= 0.3 is 0 Å². The van der Waals surface area contributed by atoms with Gasteiger partial charge in [-0.15, -0.1) is 22.7 Å². The highest BCUT2D eigenvalue weighted by molar-refractivity contribution is 7.10. The lowest BCUT2D eigenvalue weighted by molar-refractivity contribution is -0.143. The summed E-state index contributed by atoms with van der Waals surface area (Å²) < 4.78 is 5.35. The molecule has 35 heavy (non-hydrogen) atoms. The van der Waals surface area contributed by atoms with Gasteiger partial charge in [0.05, 0.1) is 26.1 Å². The van der Waals surface area contributed by atoms with Crippen molar-refractivity contribution in [3.05, 3.63) is 74.1 Å². The largest absolute Gasteiger partial charge is 0.497 e. The predicted molar refractivity (Wildman–Crippen MR) is 140 cm³/mol. The Balaban J connectivity index is 1.26. The number of methoxy groups -OCH3 is 1. The molecule has 0 bridgehead atoms. The van der Waals surface area contributed by atoms with Crippen LogP contribution in [0.15, 0.2) is 53.2 Å². The Labute approximate surface area is 214 Å². The lowest BCUT2D eigenvalue weighted by Crippen LogP contribution is -2.57. The van der Waals surface area contributed by atoms with Crippen molar-refractivity contribution >= 4 is 34.5 Å². The van der Waals surface area contributed by atoms with Crippen LogP contribution in [0.3, 0.4) is 0 Å². The molecule has 8 heteroatoms. The van der Waals surface area contributed by atoms with Crippen molar-refractivity contribution in [3.63, 3.8) is 0 Å². The van der Waals surface area contributed by atoms with Gasteiger partial charge in [-0.25, -0.2) is 0 Å². The Kier molecular flexibility index (Phi) is 7.22. The lowest BCUT2D eigenvalue weighted by atomic mass is 9.93. The number of fused-ring (bicyclic) bond motifs is 1. The molecular weight excluding hydrogens is 478 g/mol. The second kappa shape index (κ2) is 10.5. The van der Waals surface area contributed by atoms with E-state index in [9.17, 15) is 9.59 Å². The summed E-state index contributed by atoms with van der Waals surface area (Å²) in [5, 5.41) is 4.15. The van der Waals surface area contributed by atoms with Crippen LogP contribution in [0.25, 0.3) is 0 Å². The third-order valence-corrected chi connectivity index (χ3v) is 8.91. The molecule has 1 saturated heterocycles. The fraction of sp³-hybridized carbons (Fsp3) is 0.407. The number of hydrogen-bond donors (Lipinski definition) is 0. The van der Waals surface area contributed by atoms with Crippen molar-refractivity contribution in [2.45, 2.75) is 31.8 Å². The van der Waals surface area contributed by atoms with E-state index < -0.39 is 0 Å². The molecule has 0 unspecified atom stereocenters. The topological polar surface area (TPSA) is 53.1 Å². The zero-order valence-corrected chi connectivity index (χ0v) is 21.8. The van der Waals surface area contributed by atoms with Gasteiger partial charge in [-0.05, 0) is 59.5 Å². The zero-order valence-electron chi connectivity index (χ0n) is 20.2. The van der Waals surface area contributed by atoms with Crippen LogP contribution in [0.4, 0.5) is 0 Å². The van der Waals surface area contributed by atoms with Gasteiger partial charge in [0.2, 0.25) is 11.8 Å². The Bertz CT molecular complexity index is 1160. The first-order chi connectivity index (χ1) is 17.0. The van der Waals surface area contributed by atoms with Gasteiger partial charge < -0.3 is 14.5 Å². The van der Waals surface area contributed by atoms with Gasteiger partial charge in [0, 0.05) is 42.0 Å². The van der Waals surface area contributed by atoms with E-state index in [0.29, 0.717) is 32.6 Å². The first-order valence-electron chi connectivity index (χ1n) is 12.1. The molecule has 2 aliphatic heterocycles. The van der Waals surface area contributed by atoms with E-state index in [4.69, 9.17) is 4.74 Å². The van der Waals surface area contributed by atoms with Crippen molar-refractivity contribution in [2.24, 2.45) is 0 Å². The number of piperazine rings is 1. The van der Waals surface area contributed by atoms with Crippen LogP contribution in [-0.2, 0) is 22.4 Å². The minimum atomic E-state index is 0.0161. The molecule has 2 aromatic heterocycles. The van der Waals surface area contributed by atoms with Crippen LogP contribution < -0.4 is 4.74 Å². The van der Waals surface area contributed by atoms with Crippen LogP contribution in [0.1, 0.15) is 33.8 Å². The molecular formula is C27H31N3O3S2. The van der Waals surface area contributed by atoms with Crippen molar-refractivity contribution in [1.29, 1.82) is 0 Å². The van der Waals surface area contributed by atoms with Gasteiger partial charge in [0.1, 0.15) is 5.75 Å². The summed E-state index contributed by atoms with van der Waals surface area (Å²) in [6.45, 7) is 5.04. The van der Waals surface area contributed by atoms with Crippen molar-refractivity contribution in [1.82, 2.24) is 14.7 Å². The van der Waals surface area contributed by atoms with Gasteiger partial charge in [0.15, 0.2) is 0 Å². The van der Waals surface area contributed by atoms with Crippen molar-refractivity contribution in [3.8, 4) is 5.75 Å². The van der Waals surface area contributed by atoms with E-state index >= 15 is 0 Å². The van der Waals surface area contributed by atoms with E-state index in [1.54, 1.807) is 29.8 Å². The Hall–Kier alpha value is -2.68. The van der Waals surface area contributed by atoms with E-state index in [1.165, 1.54) is 16.0 Å². The smallest absolute Gasteiger partial charge is 0.236 e. The number of rotatable bonds is 6.